The van der Waals surface area contributed by atoms with Crippen LogP contribution in [0.3, 0.4) is 0 Å². The summed E-state index contributed by atoms with van der Waals surface area (Å²) >= 11 is 1.82. The van der Waals surface area contributed by atoms with Crippen LogP contribution in [0, 0.1) is 0 Å². The number of nitrogens with one attached hydrogen (secondary N) is 1. The molecule has 0 spiro atoms. The second kappa shape index (κ2) is 5.88. The summed E-state index contributed by atoms with van der Waals surface area (Å²) in [6.45, 7) is 2.90. The average Bonchev–Trinajstić information content (AvgIpc) is 2.17. The van der Waals surface area contributed by atoms with E-state index in [0.717, 1.165) is 18.0 Å². The van der Waals surface area contributed by atoms with Crippen LogP contribution < -0.4 is 5.32 Å². The van der Waals surface area contributed by atoms with Crippen molar-refractivity contribution in [3.63, 3.8) is 0 Å². The average molecular weight is 212 g/mol. The lowest BCUT2D eigenvalue weighted by molar-refractivity contribution is 0.471. The van der Waals surface area contributed by atoms with Crippen LogP contribution >= 0.6 is 11.8 Å². The Hall–Kier alpha value is -0.740. The highest BCUT2D eigenvalue weighted by Gasteiger charge is 2.00. The van der Waals surface area contributed by atoms with Gasteiger partial charge in [0, 0.05) is 18.3 Å². The molecule has 78 valence electrons. The van der Waals surface area contributed by atoms with Gasteiger partial charge in [0.05, 0.1) is 11.9 Å². The van der Waals surface area contributed by atoms with Gasteiger partial charge in [0.2, 0.25) is 0 Å². The van der Waals surface area contributed by atoms with Crippen molar-refractivity contribution in [3.05, 3.63) is 24.0 Å². The fourth-order valence-electron chi connectivity index (χ4n) is 1.11. The van der Waals surface area contributed by atoms with Gasteiger partial charge in [0.25, 0.3) is 0 Å². The van der Waals surface area contributed by atoms with E-state index in [4.69, 9.17) is 5.11 Å². The lowest BCUT2D eigenvalue weighted by atomic mass is 10.3. The Morgan fingerprint density at radius 3 is 2.93 bits per heavy atom. The molecule has 0 aliphatic rings. The second-order valence-corrected chi connectivity index (χ2v) is 4.16. The Morgan fingerprint density at radius 2 is 2.36 bits per heavy atom. The first-order chi connectivity index (χ1) is 6.72. The van der Waals surface area contributed by atoms with Crippen molar-refractivity contribution in [1.82, 2.24) is 10.3 Å². The van der Waals surface area contributed by atoms with E-state index in [9.17, 15) is 0 Å². The minimum atomic E-state index is 0.214. The third-order valence-electron chi connectivity index (χ3n) is 1.86. The highest BCUT2D eigenvalue weighted by atomic mass is 32.2. The normalized spacial score (nSPS) is 12.7. The van der Waals surface area contributed by atoms with Crippen LogP contribution in [0.15, 0.2) is 18.3 Å². The zero-order valence-electron chi connectivity index (χ0n) is 8.53. The van der Waals surface area contributed by atoms with E-state index in [2.05, 4.69) is 23.5 Å². The summed E-state index contributed by atoms with van der Waals surface area (Å²) in [5.41, 5.74) is 0.954. The first-order valence-corrected chi connectivity index (χ1v) is 5.98. The Morgan fingerprint density at radius 1 is 1.57 bits per heavy atom. The van der Waals surface area contributed by atoms with Gasteiger partial charge in [-0.25, -0.2) is 0 Å². The molecule has 0 fully saturated rings. The molecule has 1 atom stereocenters. The first-order valence-electron chi connectivity index (χ1n) is 4.58. The fourth-order valence-corrected chi connectivity index (χ4v) is 1.73. The largest absolute Gasteiger partial charge is 0.506 e. The van der Waals surface area contributed by atoms with Crippen molar-refractivity contribution < 1.29 is 5.11 Å². The third kappa shape index (κ3) is 3.98. The number of thioether (sulfide) groups is 1. The van der Waals surface area contributed by atoms with Gasteiger partial charge in [-0.05, 0) is 25.3 Å². The van der Waals surface area contributed by atoms with E-state index in [-0.39, 0.29) is 5.75 Å². The maximum atomic E-state index is 9.03. The summed E-state index contributed by atoms with van der Waals surface area (Å²) in [5.74, 6) is 1.31. The highest BCUT2D eigenvalue weighted by Crippen LogP contribution is 2.06. The molecular formula is C10H16N2OS. The van der Waals surface area contributed by atoms with Crippen molar-refractivity contribution in [2.45, 2.75) is 19.5 Å². The molecule has 4 heteroatoms. The minimum Gasteiger partial charge on any atom is -0.506 e. The van der Waals surface area contributed by atoms with E-state index in [1.165, 1.54) is 6.20 Å². The molecule has 2 N–H and O–H groups in total. The predicted octanol–water partition coefficient (Wildman–Crippen LogP) is 1.63. The Balaban J connectivity index is 2.34. The van der Waals surface area contributed by atoms with Crippen molar-refractivity contribution in [1.29, 1.82) is 0 Å². The van der Waals surface area contributed by atoms with Gasteiger partial charge in [-0.3, -0.25) is 4.98 Å². The van der Waals surface area contributed by atoms with Gasteiger partial charge in [-0.1, -0.05) is 0 Å². The van der Waals surface area contributed by atoms with Crippen LogP contribution in [0.4, 0.5) is 0 Å². The second-order valence-electron chi connectivity index (χ2n) is 3.25. The van der Waals surface area contributed by atoms with Gasteiger partial charge in [0.15, 0.2) is 0 Å². The number of rotatable bonds is 5. The number of nitrogens with zero attached hydrogens (tertiary/aromatic N) is 1. The van der Waals surface area contributed by atoms with E-state index < -0.39 is 0 Å². The lowest BCUT2D eigenvalue weighted by Gasteiger charge is -2.11. The van der Waals surface area contributed by atoms with E-state index in [1.807, 2.05) is 17.8 Å². The van der Waals surface area contributed by atoms with Crippen LogP contribution in [-0.4, -0.2) is 28.1 Å². The van der Waals surface area contributed by atoms with Crippen molar-refractivity contribution in [2.75, 3.05) is 12.0 Å². The van der Waals surface area contributed by atoms with Crippen LogP contribution in [0.5, 0.6) is 5.75 Å². The molecule has 3 nitrogen and oxygen atoms in total. The smallest absolute Gasteiger partial charge is 0.133 e. The minimum absolute atomic E-state index is 0.214. The quantitative estimate of drug-likeness (QED) is 0.778. The van der Waals surface area contributed by atoms with Crippen molar-refractivity contribution in [2.24, 2.45) is 0 Å². The Labute approximate surface area is 88.9 Å². The van der Waals surface area contributed by atoms with Crippen LogP contribution in [0.1, 0.15) is 12.6 Å². The molecule has 1 heterocycles. The maximum Gasteiger partial charge on any atom is 0.133 e. The van der Waals surface area contributed by atoms with E-state index in [0.29, 0.717) is 6.04 Å². The molecule has 1 aromatic rings. The van der Waals surface area contributed by atoms with Gasteiger partial charge >= 0.3 is 0 Å². The lowest BCUT2D eigenvalue weighted by Crippen LogP contribution is -2.27. The molecule has 0 radical (unpaired) electrons. The van der Waals surface area contributed by atoms with E-state index in [1.54, 1.807) is 6.07 Å². The number of aromatic hydroxyl groups is 1. The number of hydrogen-bond acceptors (Lipinski definition) is 4. The molecule has 14 heavy (non-hydrogen) atoms. The van der Waals surface area contributed by atoms with Gasteiger partial charge in [0.1, 0.15) is 5.75 Å². The molecule has 0 aliphatic carbocycles. The Bertz CT molecular complexity index is 263. The number of pyridine rings is 1. The first kappa shape index (κ1) is 11.3. The Kier molecular flexibility index (Phi) is 4.76. The topological polar surface area (TPSA) is 45.1 Å². The summed E-state index contributed by atoms with van der Waals surface area (Å²) in [5, 5.41) is 12.4. The molecule has 1 aromatic heterocycles. The van der Waals surface area contributed by atoms with Gasteiger partial charge < -0.3 is 10.4 Å². The van der Waals surface area contributed by atoms with Crippen LogP contribution in [-0.2, 0) is 6.54 Å². The van der Waals surface area contributed by atoms with Crippen LogP contribution in [0.2, 0.25) is 0 Å². The number of hydrogen-bond donors (Lipinski definition) is 2. The zero-order chi connectivity index (χ0) is 10.4. The molecule has 1 unspecified atom stereocenters. The monoisotopic (exact) mass is 212 g/mol. The summed E-state index contributed by atoms with van der Waals surface area (Å²) in [4.78, 5) is 4.09. The fraction of sp³-hybridized carbons (Fsp3) is 0.500. The van der Waals surface area contributed by atoms with E-state index >= 15 is 0 Å². The molecule has 0 saturated carbocycles. The molecular weight excluding hydrogens is 196 g/mol. The molecule has 0 bridgehead atoms. The summed E-state index contributed by atoms with van der Waals surface area (Å²) in [6, 6.07) is 3.97. The molecule has 1 rings (SSSR count). The summed E-state index contributed by atoms with van der Waals surface area (Å²) < 4.78 is 0. The molecule has 0 aromatic carbocycles. The van der Waals surface area contributed by atoms with Crippen molar-refractivity contribution in [3.8, 4) is 5.75 Å². The predicted molar refractivity (Wildman–Crippen MR) is 60.6 cm³/mol. The molecule has 0 saturated heterocycles. The maximum absolute atomic E-state index is 9.03. The molecule has 0 amide bonds. The number of aromatic nitrogens is 1. The third-order valence-corrected chi connectivity index (χ3v) is 2.69. The SMILES string of the molecule is CSCC(C)NCc1ccc(O)cn1. The van der Waals surface area contributed by atoms with Gasteiger partial charge in [-0.15, -0.1) is 0 Å². The zero-order valence-corrected chi connectivity index (χ0v) is 9.34. The summed E-state index contributed by atoms with van der Waals surface area (Å²) in [7, 11) is 0. The van der Waals surface area contributed by atoms with Crippen LogP contribution in [0.25, 0.3) is 0 Å². The summed E-state index contributed by atoms with van der Waals surface area (Å²) in [6.07, 6.45) is 3.56. The van der Waals surface area contributed by atoms with Crippen molar-refractivity contribution >= 4 is 11.8 Å². The molecule has 0 aliphatic heterocycles. The van der Waals surface area contributed by atoms with Gasteiger partial charge in [-0.2, -0.15) is 11.8 Å². The highest BCUT2D eigenvalue weighted by molar-refractivity contribution is 7.98. The standard InChI is InChI=1S/C10H16N2OS/c1-8(7-14-2)11-5-9-3-4-10(13)6-12-9/h3-4,6,8,11,13H,5,7H2,1-2H3.